The molecule has 0 aliphatic rings. The lowest BCUT2D eigenvalue weighted by Gasteiger charge is -2.19. The van der Waals surface area contributed by atoms with Crippen molar-refractivity contribution in [1.82, 2.24) is 4.98 Å². The standard InChI is InChI=1S/C18H17FN2O3S/c1-21(14-4-3-5-15(17(14)19)24-9-8-23-2)18(22)12-6-7-13-16(10-12)25-11-20-13/h3-7,10-11H,8-9H2,1-2H3. The second-order valence-electron chi connectivity index (χ2n) is 5.33. The van der Waals surface area contributed by atoms with E-state index in [0.717, 1.165) is 10.2 Å². The SMILES string of the molecule is COCCOc1cccc(N(C)C(=O)c2ccc3ncsc3c2)c1F. The van der Waals surface area contributed by atoms with Crippen LogP contribution < -0.4 is 9.64 Å². The molecule has 0 saturated heterocycles. The molecule has 1 heterocycles. The van der Waals surface area contributed by atoms with Gasteiger partial charge in [-0.25, -0.2) is 9.37 Å². The molecule has 5 nitrogen and oxygen atoms in total. The van der Waals surface area contributed by atoms with Gasteiger partial charge in [-0.05, 0) is 30.3 Å². The Labute approximate surface area is 148 Å². The van der Waals surface area contributed by atoms with Gasteiger partial charge in [0.05, 0.1) is 28.0 Å². The van der Waals surface area contributed by atoms with Crippen LogP contribution in [0.25, 0.3) is 10.2 Å². The highest BCUT2D eigenvalue weighted by molar-refractivity contribution is 7.16. The van der Waals surface area contributed by atoms with Crippen molar-refractivity contribution in [2.45, 2.75) is 0 Å². The van der Waals surface area contributed by atoms with Gasteiger partial charge in [-0.1, -0.05) is 6.07 Å². The first kappa shape index (κ1) is 17.3. The van der Waals surface area contributed by atoms with E-state index in [-0.39, 0.29) is 24.0 Å². The Morgan fingerprint density at radius 2 is 2.12 bits per heavy atom. The van der Waals surface area contributed by atoms with Crippen LogP contribution in [0.2, 0.25) is 0 Å². The van der Waals surface area contributed by atoms with E-state index in [1.807, 2.05) is 0 Å². The summed E-state index contributed by atoms with van der Waals surface area (Å²) in [5.74, 6) is -0.788. The molecule has 7 heteroatoms. The molecule has 0 aliphatic heterocycles. The number of benzene rings is 2. The summed E-state index contributed by atoms with van der Waals surface area (Å²) in [4.78, 5) is 18.2. The lowest BCUT2D eigenvalue weighted by atomic mass is 10.1. The molecule has 1 aromatic heterocycles. The topological polar surface area (TPSA) is 51.7 Å². The summed E-state index contributed by atoms with van der Waals surface area (Å²) >= 11 is 1.46. The monoisotopic (exact) mass is 360 g/mol. The molecular weight excluding hydrogens is 343 g/mol. The van der Waals surface area contributed by atoms with Gasteiger partial charge in [-0.3, -0.25) is 4.79 Å². The van der Waals surface area contributed by atoms with Gasteiger partial charge in [0, 0.05) is 19.7 Å². The molecule has 0 saturated carbocycles. The van der Waals surface area contributed by atoms with Crippen LogP contribution in [0.4, 0.5) is 10.1 Å². The number of nitrogens with zero attached hydrogens (tertiary/aromatic N) is 2. The summed E-state index contributed by atoms with van der Waals surface area (Å²) in [6.07, 6.45) is 0. The van der Waals surface area contributed by atoms with E-state index in [1.54, 1.807) is 43.0 Å². The fourth-order valence-corrected chi connectivity index (χ4v) is 3.11. The number of fused-ring (bicyclic) bond motifs is 1. The molecule has 0 N–H and O–H groups in total. The quantitative estimate of drug-likeness (QED) is 0.629. The molecule has 25 heavy (non-hydrogen) atoms. The van der Waals surface area contributed by atoms with Crippen LogP contribution in [0.1, 0.15) is 10.4 Å². The molecule has 0 unspecified atom stereocenters. The van der Waals surface area contributed by atoms with Crippen molar-refractivity contribution >= 4 is 33.1 Å². The van der Waals surface area contributed by atoms with Crippen molar-refractivity contribution in [2.75, 3.05) is 32.3 Å². The maximum atomic E-state index is 14.7. The van der Waals surface area contributed by atoms with Gasteiger partial charge in [0.2, 0.25) is 0 Å². The van der Waals surface area contributed by atoms with Crippen molar-refractivity contribution in [1.29, 1.82) is 0 Å². The van der Waals surface area contributed by atoms with Crippen LogP contribution in [-0.2, 0) is 4.74 Å². The Bertz CT molecular complexity index is 897. The van der Waals surface area contributed by atoms with E-state index in [9.17, 15) is 9.18 Å². The van der Waals surface area contributed by atoms with Crippen LogP contribution in [-0.4, -0.2) is 38.3 Å². The fraction of sp³-hybridized carbons (Fsp3) is 0.222. The number of thiazole rings is 1. The van der Waals surface area contributed by atoms with Crippen LogP contribution in [0.15, 0.2) is 41.9 Å². The van der Waals surface area contributed by atoms with Crippen LogP contribution in [0, 0.1) is 5.82 Å². The number of hydrogen-bond donors (Lipinski definition) is 0. The Morgan fingerprint density at radius 1 is 1.28 bits per heavy atom. The van der Waals surface area contributed by atoms with E-state index in [4.69, 9.17) is 9.47 Å². The molecule has 2 aromatic carbocycles. The summed E-state index contributed by atoms with van der Waals surface area (Å²) in [5, 5.41) is 0. The van der Waals surface area contributed by atoms with Crippen molar-refractivity contribution in [2.24, 2.45) is 0 Å². The second kappa shape index (κ2) is 7.58. The number of hydrogen-bond acceptors (Lipinski definition) is 5. The molecule has 130 valence electrons. The van der Waals surface area contributed by atoms with E-state index in [2.05, 4.69) is 4.98 Å². The summed E-state index contributed by atoms with van der Waals surface area (Å²) in [6, 6.07) is 9.96. The predicted molar refractivity (Wildman–Crippen MR) is 96.1 cm³/mol. The number of ether oxygens (including phenoxy) is 2. The third-order valence-corrected chi connectivity index (χ3v) is 4.52. The molecule has 0 bridgehead atoms. The lowest BCUT2D eigenvalue weighted by Crippen LogP contribution is -2.27. The van der Waals surface area contributed by atoms with E-state index < -0.39 is 5.82 Å². The zero-order valence-electron chi connectivity index (χ0n) is 13.9. The minimum absolute atomic E-state index is 0.0899. The molecule has 0 atom stereocenters. The Hall–Kier alpha value is -2.51. The van der Waals surface area contributed by atoms with Gasteiger partial charge in [-0.2, -0.15) is 0 Å². The minimum Gasteiger partial charge on any atom is -0.488 e. The molecule has 0 spiro atoms. The van der Waals surface area contributed by atoms with Crippen LogP contribution >= 0.6 is 11.3 Å². The number of amides is 1. The smallest absolute Gasteiger partial charge is 0.258 e. The highest BCUT2D eigenvalue weighted by Gasteiger charge is 2.19. The van der Waals surface area contributed by atoms with Gasteiger partial charge in [-0.15, -0.1) is 11.3 Å². The summed E-state index contributed by atoms with van der Waals surface area (Å²) in [5.41, 5.74) is 3.20. The van der Waals surface area contributed by atoms with Gasteiger partial charge in [0.15, 0.2) is 11.6 Å². The second-order valence-corrected chi connectivity index (χ2v) is 6.22. The lowest BCUT2D eigenvalue weighted by molar-refractivity contribution is 0.0992. The third kappa shape index (κ3) is 3.62. The minimum atomic E-state index is -0.576. The first-order valence-corrected chi connectivity index (χ1v) is 8.51. The van der Waals surface area contributed by atoms with Gasteiger partial charge in [0.25, 0.3) is 5.91 Å². The Morgan fingerprint density at radius 3 is 2.92 bits per heavy atom. The van der Waals surface area contributed by atoms with Crippen molar-refractivity contribution in [3.63, 3.8) is 0 Å². The maximum Gasteiger partial charge on any atom is 0.258 e. The highest BCUT2D eigenvalue weighted by atomic mass is 32.1. The largest absolute Gasteiger partial charge is 0.488 e. The number of anilines is 1. The number of carbonyl (C=O) groups is 1. The predicted octanol–water partition coefficient (Wildman–Crippen LogP) is 3.74. The number of rotatable bonds is 6. The average Bonchev–Trinajstić information content (AvgIpc) is 3.10. The van der Waals surface area contributed by atoms with Crippen LogP contribution in [0.5, 0.6) is 5.75 Å². The molecule has 0 aliphatic carbocycles. The van der Waals surface area contributed by atoms with Gasteiger partial charge < -0.3 is 14.4 Å². The van der Waals surface area contributed by atoms with Crippen LogP contribution in [0.3, 0.4) is 0 Å². The van der Waals surface area contributed by atoms with Crippen molar-refractivity contribution < 1.29 is 18.7 Å². The van der Waals surface area contributed by atoms with Gasteiger partial charge >= 0.3 is 0 Å². The summed E-state index contributed by atoms with van der Waals surface area (Å²) < 4.78 is 25.8. The number of halogens is 1. The highest BCUT2D eigenvalue weighted by Crippen LogP contribution is 2.28. The Kier molecular flexibility index (Phi) is 5.25. The van der Waals surface area contributed by atoms with Crippen molar-refractivity contribution in [3.8, 4) is 5.75 Å². The van der Waals surface area contributed by atoms with E-state index >= 15 is 0 Å². The van der Waals surface area contributed by atoms with Crippen molar-refractivity contribution in [3.05, 3.63) is 53.3 Å². The first-order valence-electron chi connectivity index (χ1n) is 7.63. The molecule has 0 radical (unpaired) electrons. The number of methoxy groups -OCH3 is 1. The van der Waals surface area contributed by atoms with Gasteiger partial charge in [0.1, 0.15) is 6.61 Å². The molecule has 1 amide bonds. The molecule has 0 fully saturated rings. The fourth-order valence-electron chi connectivity index (χ4n) is 2.40. The average molecular weight is 360 g/mol. The number of carbonyl (C=O) groups excluding carboxylic acids is 1. The molecule has 3 rings (SSSR count). The Balaban J connectivity index is 1.85. The molecule has 3 aromatic rings. The van der Waals surface area contributed by atoms with E-state index in [0.29, 0.717) is 12.2 Å². The zero-order chi connectivity index (χ0) is 17.8. The normalized spacial score (nSPS) is 10.8. The summed E-state index contributed by atoms with van der Waals surface area (Å²) in [6.45, 7) is 0.587. The first-order chi connectivity index (χ1) is 12.1. The maximum absolute atomic E-state index is 14.7. The number of aromatic nitrogens is 1. The van der Waals surface area contributed by atoms with E-state index in [1.165, 1.54) is 29.4 Å². The molecular formula is C18H17FN2O3S. The third-order valence-electron chi connectivity index (χ3n) is 3.73. The summed E-state index contributed by atoms with van der Waals surface area (Å²) in [7, 11) is 3.08. The zero-order valence-corrected chi connectivity index (χ0v) is 14.7.